The number of amides is 1. The Morgan fingerprint density at radius 1 is 1.15 bits per heavy atom. The fourth-order valence-corrected chi connectivity index (χ4v) is 4.34. The van der Waals surface area contributed by atoms with Gasteiger partial charge in [0.1, 0.15) is 11.4 Å². The molecule has 146 valence electrons. The van der Waals surface area contributed by atoms with Gasteiger partial charge in [-0.05, 0) is 56.5 Å². The van der Waals surface area contributed by atoms with Crippen molar-refractivity contribution in [1.29, 1.82) is 0 Å². The lowest BCUT2D eigenvalue weighted by Crippen LogP contribution is -2.55. The zero-order valence-corrected chi connectivity index (χ0v) is 16.6. The first kappa shape index (κ1) is 21.0. The van der Waals surface area contributed by atoms with E-state index < -0.39 is 5.60 Å². The van der Waals surface area contributed by atoms with Crippen LogP contribution in [0.1, 0.15) is 44.1 Å². The first-order valence-electron chi connectivity index (χ1n) is 9.33. The van der Waals surface area contributed by atoms with Crippen LogP contribution in [0.4, 0.5) is 0 Å². The van der Waals surface area contributed by atoms with Crippen molar-refractivity contribution in [2.24, 2.45) is 0 Å². The van der Waals surface area contributed by atoms with Gasteiger partial charge in [-0.25, -0.2) is 0 Å². The molecule has 3 rings (SSSR count). The summed E-state index contributed by atoms with van der Waals surface area (Å²) in [4.78, 5) is 12.9. The molecule has 1 aliphatic carbocycles. The summed E-state index contributed by atoms with van der Waals surface area (Å²) in [5, 5.41) is 6.53. The molecule has 0 unspecified atom stereocenters. The molecule has 1 aromatic rings. The zero-order chi connectivity index (χ0) is 17.8. The average Bonchev–Trinajstić information content (AvgIpc) is 3.17. The predicted octanol–water partition coefficient (Wildman–Crippen LogP) is 2.81. The van der Waals surface area contributed by atoms with Crippen molar-refractivity contribution in [2.45, 2.75) is 49.5 Å². The number of halogens is 1. The first-order valence-corrected chi connectivity index (χ1v) is 9.33. The smallest absolute Gasteiger partial charge is 0.252 e. The number of nitrogens with one attached hydrogen (secondary N) is 2. The van der Waals surface area contributed by atoms with Crippen molar-refractivity contribution >= 4 is 18.3 Å². The second-order valence-corrected chi connectivity index (χ2v) is 7.35. The lowest BCUT2D eigenvalue weighted by atomic mass is 9.78. The molecule has 26 heavy (non-hydrogen) atoms. The van der Waals surface area contributed by atoms with Crippen molar-refractivity contribution in [3.63, 3.8) is 0 Å². The normalized spacial score (nSPS) is 20.8. The van der Waals surface area contributed by atoms with Gasteiger partial charge in [-0.1, -0.05) is 25.0 Å². The highest BCUT2D eigenvalue weighted by Crippen LogP contribution is 2.41. The number of hydrogen-bond donors (Lipinski definition) is 2. The van der Waals surface area contributed by atoms with Crippen molar-refractivity contribution in [2.75, 3.05) is 33.9 Å². The third kappa shape index (κ3) is 4.16. The molecule has 0 aromatic heterocycles. The van der Waals surface area contributed by atoms with E-state index in [-0.39, 0.29) is 23.7 Å². The third-order valence-electron chi connectivity index (χ3n) is 6.05. The number of carbonyl (C=O) groups is 1. The number of hydrogen-bond acceptors (Lipinski definition) is 4. The van der Waals surface area contributed by atoms with E-state index in [1.807, 2.05) is 12.1 Å². The van der Waals surface area contributed by atoms with Crippen LogP contribution in [0.15, 0.2) is 24.3 Å². The minimum Gasteiger partial charge on any atom is -0.497 e. The predicted molar refractivity (Wildman–Crippen MR) is 105 cm³/mol. The van der Waals surface area contributed by atoms with Crippen LogP contribution in [0, 0.1) is 0 Å². The molecule has 1 saturated carbocycles. The Morgan fingerprint density at radius 2 is 1.85 bits per heavy atom. The summed E-state index contributed by atoms with van der Waals surface area (Å²) in [7, 11) is 3.35. The van der Waals surface area contributed by atoms with Gasteiger partial charge < -0.3 is 20.1 Å². The second kappa shape index (κ2) is 9.07. The maximum atomic E-state index is 12.9. The largest absolute Gasteiger partial charge is 0.497 e. The number of rotatable bonds is 6. The summed E-state index contributed by atoms with van der Waals surface area (Å²) in [6.45, 7) is 2.31. The van der Waals surface area contributed by atoms with Crippen LogP contribution in [-0.2, 0) is 14.9 Å². The summed E-state index contributed by atoms with van der Waals surface area (Å²) in [6.07, 6.45) is 6.05. The van der Waals surface area contributed by atoms with Gasteiger partial charge in [0.2, 0.25) is 0 Å². The van der Waals surface area contributed by atoms with E-state index in [0.717, 1.165) is 44.5 Å². The van der Waals surface area contributed by atoms with Crippen molar-refractivity contribution in [3.05, 3.63) is 29.8 Å². The van der Waals surface area contributed by atoms with Crippen LogP contribution in [-0.4, -0.2) is 45.4 Å². The molecule has 2 aliphatic rings. The topological polar surface area (TPSA) is 59.6 Å². The number of methoxy groups -OCH3 is 2. The Kier molecular flexibility index (Phi) is 7.33. The van der Waals surface area contributed by atoms with Gasteiger partial charge in [0.15, 0.2) is 0 Å². The highest BCUT2D eigenvalue weighted by Gasteiger charge is 2.42. The van der Waals surface area contributed by atoms with E-state index in [2.05, 4.69) is 22.8 Å². The number of piperidine rings is 1. The quantitative estimate of drug-likeness (QED) is 0.794. The average molecular weight is 383 g/mol. The molecule has 0 spiro atoms. The van der Waals surface area contributed by atoms with Gasteiger partial charge in [-0.2, -0.15) is 0 Å². The molecule has 1 aliphatic heterocycles. The van der Waals surface area contributed by atoms with Crippen LogP contribution in [0.3, 0.4) is 0 Å². The second-order valence-electron chi connectivity index (χ2n) is 7.35. The van der Waals surface area contributed by atoms with Crippen LogP contribution >= 0.6 is 12.4 Å². The maximum Gasteiger partial charge on any atom is 0.252 e. The van der Waals surface area contributed by atoms with E-state index in [1.165, 1.54) is 18.4 Å². The SMILES string of the molecule is COc1cccc(C2(CNC(=O)C3(OC)CCNCC3)CCCC2)c1.Cl. The van der Waals surface area contributed by atoms with Gasteiger partial charge >= 0.3 is 0 Å². The number of carbonyl (C=O) groups excluding carboxylic acids is 1. The Hall–Kier alpha value is -1.30. The summed E-state index contributed by atoms with van der Waals surface area (Å²) in [5.41, 5.74) is 0.590. The molecular formula is C20H31ClN2O3. The molecular weight excluding hydrogens is 352 g/mol. The van der Waals surface area contributed by atoms with Crippen molar-refractivity contribution < 1.29 is 14.3 Å². The summed E-state index contributed by atoms with van der Waals surface area (Å²) in [5.74, 6) is 0.910. The summed E-state index contributed by atoms with van der Waals surface area (Å²) >= 11 is 0. The fourth-order valence-electron chi connectivity index (χ4n) is 4.34. The molecule has 0 radical (unpaired) electrons. The van der Waals surface area contributed by atoms with E-state index in [0.29, 0.717) is 6.54 Å². The van der Waals surface area contributed by atoms with E-state index >= 15 is 0 Å². The van der Waals surface area contributed by atoms with Gasteiger partial charge in [0, 0.05) is 19.1 Å². The molecule has 1 aromatic carbocycles. The molecule has 0 bridgehead atoms. The van der Waals surface area contributed by atoms with Gasteiger partial charge in [0.05, 0.1) is 7.11 Å². The molecule has 0 atom stereocenters. The third-order valence-corrected chi connectivity index (χ3v) is 6.05. The fraction of sp³-hybridized carbons (Fsp3) is 0.650. The van der Waals surface area contributed by atoms with Crippen molar-refractivity contribution in [1.82, 2.24) is 10.6 Å². The monoisotopic (exact) mass is 382 g/mol. The number of benzene rings is 1. The lowest BCUT2D eigenvalue weighted by molar-refractivity contribution is -0.147. The van der Waals surface area contributed by atoms with Gasteiger partial charge in [-0.15, -0.1) is 12.4 Å². The maximum absolute atomic E-state index is 12.9. The molecule has 6 heteroatoms. The van der Waals surface area contributed by atoms with Gasteiger partial charge in [0.25, 0.3) is 5.91 Å². The Morgan fingerprint density at radius 3 is 2.46 bits per heavy atom. The molecule has 1 amide bonds. The van der Waals surface area contributed by atoms with Crippen molar-refractivity contribution in [3.8, 4) is 5.75 Å². The minimum absolute atomic E-state index is 0. The number of ether oxygens (including phenoxy) is 2. The van der Waals surface area contributed by atoms with Crippen LogP contribution in [0.5, 0.6) is 5.75 Å². The van der Waals surface area contributed by atoms with Crippen LogP contribution < -0.4 is 15.4 Å². The Balaban J connectivity index is 0.00000243. The lowest BCUT2D eigenvalue weighted by Gasteiger charge is -2.37. The van der Waals surface area contributed by atoms with Gasteiger partial charge in [-0.3, -0.25) is 4.79 Å². The minimum atomic E-state index is -0.681. The Labute approximate surface area is 162 Å². The molecule has 2 fully saturated rings. The highest BCUT2D eigenvalue weighted by molar-refractivity contribution is 5.85. The molecule has 5 nitrogen and oxygen atoms in total. The molecule has 1 saturated heterocycles. The Bertz CT molecular complexity index is 596. The highest BCUT2D eigenvalue weighted by atomic mass is 35.5. The van der Waals surface area contributed by atoms with E-state index in [9.17, 15) is 4.79 Å². The first-order chi connectivity index (χ1) is 12.1. The summed E-state index contributed by atoms with van der Waals surface area (Å²) in [6, 6.07) is 8.30. The molecule has 1 heterocycles. The zero-order valence-electron chi connectivity index (χ0n) is 15.8. The van der Waals surface area contributed by atoms with E-state index in [4.69, 9.17) is 9.47 Å². The van der Waals surface area contributed by atoms with Crippen LogP contribution in [0.2, 0.25) is 0 Å². The summed E-state index contributed by atoms with van der Waals surface area (Å²) < 4.78 is 11.1. The van der Waals surface area contributed by atoms with Crippen LogP contribution in [0.25, 0.3) is 0 Å². The van der Waals surface area contributed by atoms with E-state index in [1.54, 1.807) is 14.2 Å². The standard InChI is InChI=1S/C20H30N2O3.ClH/c1-24-17-7-5-6-16(14-17)19(8-3-4-9-19)15-22-18(23)20(25-2)10-12-21-13-11-20;/h5-7,14,21H,3-4,8-13,15H2,1-2H3,(H,22,23);1H. The molecule has 2 N–H and O–H groups in total.